The summed E-state index contributed by atoms with van der Waals surface area (Å²) in [6.07, 6.45) is 1.55. The first kappa shape index (κ1) is 13.2. The minimum atomic E-state index is -0.425. The van der Waals surface area contributed by atoms with Gasteiger partial charge in [0.1, 0.15) is 11.4 Å². The second-order valence-corrected chi connectivity index (χ2v) is 4.06. The van der Waals surface area contributed by atoms with E-state index in [0.29, 0.717) is 18.1 Å². The van der Waals surface area contributed by atoms with Crippen molar-refractivity contribution in [1.29, 1.82) is 0 Å². The fraction of sp³-hybridized carbons (Fsp3) is 0.417. The second kappa shape index (κ2) is 5.43. The predicted molar refractivity (Wildman–Crippen MR) is 66.2 cm³/mol. The Kier molecular flexibility index (Phi) is 4.20. The molecule has 2 N–H and O–H groups in total. The van der Waals surface area contributed by atoms with Crippen molar-refractivity contribution in [3.05, 3.63) is 40.1 Å². The molecule has 5 heteroatoms. The van der Waals surface area contributed by atoms with Gasteiger partial charge in [0.25, 0.3) is 11.5 Å². The zero-order chi connectivity index (χ0) is 13.0. The average molecular weight is 235 g/mol. The van der Waals surface area contributed by atoms with E-state index in [1.54, 1.807) is 13.0 Å². The largest absolute Gasteiger partial charge is 0.348 e. The lowest BCUT2D eigenvalue weighted by Gasteiger charge is -2.08. The highest BCUT2D eigenvalue weighted by molar-refractivity contribution is 5.94. The number of hydrogen-bond donors (Lipinski definition) is 2. The molecule has 1 amide bonds. The van der Waals surface area contributed by atoms with E-state index in [4.69, 9.17) is 0 Å². The highest BCUT2D eigenvalue weighted by Gasteiger charge is 2.16. The summed E-state index contributed by atoms with van der Waals surface area (Å²) >= 11 is 0. The Labute approximate surface area is 100.0 Å². The van der Waals surface area contributed by atoms with Gasteiger partial charge in [-0.15, -0.1) is 6.58 Å². The van der Waals surface area contributed by atoms with Gasteiger partial charge in [0, 0.05) is 12.5 Å². The number of aromatic nitrogens is 2. The SMILES string of the molecule is C=CCNC(=O)c1c(C)nc(C(C)C)[nH]c1=O. The van der Waals surface area contributed by atoms with E-state index in [-0.39, 0.29) is 11.5 Å². The van der Waals surface area contributed by atoms with Crippen LogP contribution in [0.3, 0.4) is 0 Å². The van der Waals surface area contributed by atoms with E-state index in [9.17, 15) is 9.59 Å². The maximum atomic E-state index is 11.8. The number of carbonyl (C=O) groups is 1. The molecule has 0 unspecified atom stereocenters. The van der Waals surface area contributed by atoms with Crippen LogP contribution in [0.4, 0.5) is 0 Å². The van der Waals surface area contributed by atoms with E-state index >= 15 is 0 Å². The molecule has 0 spiro atoms. The van der Waals surface area contributed by atoms with Gasteiger partial charge in [0.2, 0.25) is 0 Å². The van der Waals surface area contributed by atoms with Gasteiger partial charge in [-0.25, -0.2) is 4.98 Å². The van der Waals surface area contributed by atoms with Crippen LogP contribution in [-0.2, 0) is 0 Å². The summed E-state index contributed by atoms with van der Waals surface area (Å²) in [5.41, 5.74) is 0.109. The van der Waals surface area contributed by atoms with Crippen molar-refractivity contribution in [2.45, 2.75) is 26.7 Å². The van der Waals surface area contributed by atoms with Crippen LogP contribution in [0.5, 0.6) is 0 Å². The van der Waals surface area contributed by atoms with Crippen molar-refractivity contribution >= 4 is 5.91 Å². The predicted octanol–water partition coefficient (Wildman–Crippen LogP) is 1.12. The standard InChI is InChI=1S/C12H17N3O2/c1-5-6-13-11(16)9-8(4)14-10(7(2)3)15-12(9)17/h5,7H,1,6H2,2-4H3,(H,13,16)(H,14,15,17). The van der Waals surface area contributed by atoms with Crippen LogP contribution >= 0.6 is 0 Å². The fourth-order valence-corrected chi connectivity index (χ4v) is 1.40. The van der Waals surface area contributed by atoms with Crippen molar-refractivity contribution in [2.24, 2.45) is 0 Å². The lowest BCUT2D eigenvalue weighted by atomic mass is 10.1. The molecule has 0 aliphatic carbocycles. The normalized spacial score (nSPS) is 10.4. The first-order valence-electron chi connectivity index (χ1n) is 5.47. The number of nitrogens with zero attached hydrogens (tertiary/aromatic N) is 1. The van der Waals surface area contributed by atoms with Gasteiger partial charge in [-0.1, -0.05) is 19.9 Å². The first-order chi connectivity index (χ1) is 7.97. The molecule has 1 aromatic heterocycles. The number of nitrogens with one attached hydrogen (secondary N) is 2. The summed E-state index contributed by atoms with van der Waals surface area (Å²) in [5, 5.41) is 2.56. The lowest BCUT2D eigenvalue weighted by Crippen LogP contribution is -2.32. The molecule has 17 heavy (non-hydrogen) atoms. The first-order valence-corrected chi connectivity index (χ1v) is 5.47. The molecule has 1 heterocycles. The topological polar surface area (TPSA) is 74.8 Å². The van der Waals surface area contributed by atoms with E-state index in [2.05, 4.69) is 21.9 Å². The Morgan fingerprint density at radius 2 is 2.24 bits per heavy atom. The number of amides is 1. The minimum Gasteiger partial charge on any atom is -0.348 e. The molecular formula is C12H17N3O2. The molecular weight excluding hydrogens is 218 g/mol. The molecule has 0 aliphatic rings. The monoisotopic (exact) mass is 235 g/mol. The lowest BCUT2D eigenvalue weighted by molar-refractivity contribution is 0.0955. The number of hydrogen-bond acceptors (Lipinski definition) is 3. The average Bonchev–Trinajstić information content (AvgIpc) is 2.25. The molecule has 0 bridgehead atoms. The van der Waals surface area contributed by atoms with E-state index in [0.717, 1.165) is 0 Å². The molecule has 0 saturated carbocycles. The highest BCUT2D eigenvalue weighted by Crippen LogP contribution is 2.08. The molecule has 5 nitrogen and oxygen atoms in total. The number of rotatable bonds is 4. The summed E-state index contributed by atoms with van der Waals surface area (Å²) in [5.74, 6) is 0.283. The molecule has 92 valence electrons. The van der Waals surface area contributed by atoms with Crippen LogP contribution in [0.15, 0.2) is 17.4 Å². The van der Waals surface area contributed by atoms with Crippen molar-refractivity contribution in [2.75, 3.05) is 6.54 Å². The second-order valence-electron chi connectivity index (χ2n) is 4.06. The van der Waals surface area contributed by atoms with Gasteiger partial charge in [0.05, 0.1) is 5.69 Å². The molecule has 0 aromatic carbocycles. The Balaban J connectivity index is 3.14. The fourth-order valence-electron chi connectivity index (χ4n) is 1.40. The molecule has 0 fully saturated rings. The Bertz CT molecular complexity index is 489. The van der Waals surface area contributed by atoms with E-state index < -0.39 is 11.5 Å². The highest BCUT2D eigenvalue weighted by atomic mass is 16.2. The summed E-state index contributed by atoms with van der Waals surface area (Å²) in [6.45, 7) is 9.32. The van der Waals surface area contributed by atoms with E-state index in [1.807, 2.05) is 13.8 Å². The zero-order valence-corrected chi connectivity index (χ0v) is 10.3. The summed E-state index contributed by atoms with van der Waals surface area (Å²) in [4.78, 5) is 30.3. The van der Waals surface area contributed by atoms with Crippen LogP contribution in [-0.4, -0.2) is 22.4 Å². The summed E-state index contributed by atoms with van der Waals surface area (Å²) < 4.78 is 0. The van der Waals surface area contributed by atoms with Crippen LogP contribution in [0.1, 0.15) is 41.6 Å². The van der Waals surface area contributed by atoms with Gasteiger partial charge < -0.3 is 10.3 Å². The summed E-state index contributed by atoms with van der Waals surface area (Å²) in [7, 11) is 0. The third-order valence-corrected chi connectivity index (χ3v) is 2.30. The van der Waals surface area contributed by atoms with Gasteiger partial charge in [-0.3, -0.25) is 9.59 Å². The Morgan fingerprint density at radius 3 is 2.71 bits per heavy atom. The van der Waals surface area contributed by atoms with Gasteiger partial charge in [-0.2, -0.15) is 0 Å². The van der Waals surface area contributed by atoms with E-state index in [1.165, 1.54) is 0 Å². The van der Waals surface area contributed by atoms with Crippen LogP contribution in [0.25, 0.3) is 0 Å². The maximum Gasteiger partial charge on any atom is 0.264 e. The smallest absolute Gasteiger partial charge is 0.264 e. The minimum absolute atomic E-state index is 0.0660. The van der Waals surface area contributed by atoms with Gasteiger partial charge in [-0.05, 0) is 6.92 Å². The van der Waals surface area contributed by atoms with Crippen LogP contribution < -0.4 is 10.9 Å². The molecule has 0 saturated heterocycles. The molecule has 1 aromatic rings. The quantitative estimate of drug-likeness (QED) is 0.768. The molecule has 1 rings (SSSR count). The Morgan fingerprint density at radius 1 is 1.59 bits per heavy atom. The van der Waals surface area contributed by atoms with Gasteiger partial charge in [0.15, 0.2) is 0 Å². The number of carbonyl (C=O) groups excluding carboxylic acids is 1. The van der Waals surface area contributed by atoms with Crippen LogP contribution in [0.2, 0.25) is 0 Å². The third-order valence-electron chi connectivity index (χ3n) is 2.30. The van der Waals surface area contributed by atoms with Crippen molar-refractivity contribution in [1.82, 2.24) is 15.3 Å². The summed E-state index contributed by atoms with van der Waals surface area (Å²) in [6, 6.07) is 0. The van der Waals surface area contributed by atoms with Crippen molar-refractivity contribution in [3.63, 3.8) is 0 Å². The molecule has 0 atom stereocenters. The number of aromatic amines is 1. The maximum absolute atomic E-state index is 11.8. The zero-order valence-electron chi connectivity index (χ0n) is 10.3. The van der Waals surface area contributed by atoms with Gasteiger partial charge >= 0.3 is 0 Å². The number of H-pyrrole nitrogens is 1. The Hall–Kier alpha value is -1.91. The third kappa shape index (κ3) is 3.03. The van der Waals surface area contributed by atoms with Crippen LogP contribution in [0, 0.1) is 6.92 Å². The van der Waals surface area contributed by atoms with Crippen molar-refractivity contribution in [3.8, 4) is 0 Å². The molecule has 0 aliphatic heterocycles. The number of aryl methyl sites for hydroxylation is 1. The van der Waals surface area contributed by atoms with Crippen molar-refractivity contribution < 1.29 is 4.79 Å². The molecule has 0 radical (unpaired) electrons.